The van der Waals surface area contributed by atoms with E-state index in [4.69, 9.17) is 0 Å². The lowest BCUT2D eigenvalue weighted by Crippen LogP contribution is -2.26. The summed E-state index contributed by atoms with van der Waals surface area (Å²) < 4.78 is 3.89. The van der Waals surface area contributed by atoms with Crippen molar-refractivity contribution >= 4 is 5.69 Å². The highest BCUT2D eigenvalue weighted by Crippen LogP contribution is 2.24. The highest BCUT2D eigenvalue weighted by molar-refractivity contribution is 5.52. The van der Waals surface area contributed by atoms with Crippen molar-refractivity contribution in [1.29, 1.82) is 0 Å². The molecule has 0 saturated heterocycles. The van der Waals surface area contributed by atoms with Crippen molar-refractivity contribution in [3.8, 4) is 5.69 Å². The predicted octanol–water partition coefficient (Wildman–Crippen LogP) is 3.49. The van der Waals surface area contributed by atoms with E-state index >= 15 is 0 Å². The number of anilines is 1. The van der Waals surface area contributed by atoms with Crippen molar-refractivity contribution in [2.45, 2.75) is 59.5 Å². The summed E-state index contributed by atoms with van der Waals surface area (Å²) in [7, 11) is 0. The maximum atomic E-state index is 4.63. The van der Waals surface area contributed by atoms with E-state index in [1.165, 1.54) is 11.3 Å². The molecule has 0 amide bonds. The zero-order valence-electron chi connectivity index (χ0n) is 16.2. The van der Waals surface area contributed by atoms with Crippen LogP contribution in [0.4, 0.5) is 5.69 Å². The number of aryl methyl sites for hydroxylation is 1. The van der Waals surface area contributed by atoms with Gasteiger partial charge < -0.3 is 5.32 Å². The van der Waals surface area contributed by atoms with Gasteiger partial charge in [-0.05, 0) is 56.2 Å². The summed E-state index contributed by atoms with van der Waals surface area (Å²) in [5.74, 6) is 0.809. The van der Waals surface area contributed by atoms with E-state index in [-0.39, 0.29) is 5.54 Å². The van der Waals surface area contributed by atoms with Crippen molar-refractivity contribution in [3.05, 3.63) is 47.5 Å². The fraction of sp³-hybridized carbons (Fsp3) is 0.474. The summed E-state index contributed by atoms with van der Waals surface area (Å²) in [5.41, 5.74) is 4.37. The Morgan fingerprint density at radius 3 is 2.62 bits per heavy atom. The minimum atomic E-state index is -0.155. The fourth-order valence-electron chi connectivity index (χ4n) is 3.02. The van der Waals surface area contributed by atoms with E-state index in [9.17, 15) is 0 Å². The lowest BCUT2D eigenvalue weighted by molar-refractivity contribution is 0.336. The largest absolute Gasteiger partial charge is 0.375 e. The van der Waals surface area contributed by atoms with Crippen LogP contribution in [0.5, 0.6) is 0 Å². The lowest BCUT2D eigenvalue weighted by atomic mass is 10.1. The van der Waals surface area contributed by atoms with Crippen LogP contribution >= 0.6 is 0 Å². The highest BCUT2D eigenvalue weighted by atomic mass is 15.6. The van der Waals surface area contributed by atoms with Gasteiger partial charge >= 0.3 is 0 Å². The second kappa shape index (κ2) is 7.27. The Morgan fingerprint density at radius 1 is 1.15 bits per heavy atom. The molecule has 0 aliphatic rings. The summed E-state index contributed by atoms with van der Waals surface area (Å²) in [6.45, 7) is 11.1. The molecule has 0 aliphatic carbocycles. The normalized spacial score (nSPS) is 11.7. The molecule has 0 bridgehead atoms. The monoisotopic (exact) mass is 353 g/mol. The SMILES string of the molecule is CCCc1c(NCc2nnnn2C(C)(C)C)cnn1-c1ccccc1C. The molecule has 3 rings (SSSR count). The molecule has 7 heteroatoms. The molecule has 0 aliphatic heterocycles. The Kier molecular flexibility index (Phi) is 5.06. The Labute approximate surface area is 154 Å². The second-order valence-electron chi connectivity index (χ2n) is 7.48. The Hall–Kier alpha value is -2.70. The molecule has 2 aromatic heterocycles. The van der Waals surface area contributed by atoms with Crippen LogP contribution in [0, 0.1) is 6.92 Å². The average molecular weight is 353 g/mol. The summed E-state index contributed by atoms with van der Waals surface area (Å²) in [6.07, 6.45) is 3.88. The van der Waals surface area contributed by atoms with Crippen LogP contribution in [0.25, 0.3) is 5.69 Å². The number of nitrogens with zero attached hydrogens (tertiary/aromatic N) is 6. The van der Waals surface area contributed by atoms with Gasteiger partial charge in [0.1, 0.15) is 0 Å². The number of tetrazole rings is 1. The molecule has 0 radical (unpaired) electrons. The molecule has 2 heterocycles. The number of hydrogen-bond acceptors (Lipinski definition) is 5. The first-order valence-corrected chi connectivity index (χ1v) is 9.06. The maximum Gasteiger partial charge on any atom is 0.170 e. The predicted molar refractivity (Wildman–Crippen MR) is 102 cm³/mol. The Morgan fingerprint density at radius 2 is 1.92 bits per heavy atom. The first-order valence-electron chi connectivity index (χ1n) is 9.06. The van der Waals surface area contributed by atoms with Gasteiger partial charge in [-0.2, -0.15) is 5.10 Å². The highest BCUT2D eigenvalue weighted by Gasteiger charge is 2.20. The number of rotatable bonds is 6. The van der Waals surface area contributed by atoms with Gasteiger partial charge in [0.2, 0.25) is 0 Å². The summed E-state index contributed by atoms with van der Waals surface area (Å²) in [6, 6.07) is 8.31. The standard InChI is InChI=1S/C19H27N7/c1-6-9-17-15(12-21-25(17)16-11-8-7-10-14(16)2)20-13-18-22-23-24-26(18)19(3,4)5/h7-8,10-12,20H,6,9,13H2,1-5H3. The van der Waals surface area contributed by atoms with Crippen molar-refractivity contribution in [1.82, 2.24) is 30.0 Å². The maximum absolute atomic E-state index is 4.63. The van der Waals surface area contributed by atoms with E-state index in [2.05, 4.69) is 72.7 Å². The second-order valence-corrected chi connectivity index (χ2v) is 7.48. The third kappa shape index (κ3) is 3.61. The van der Waals surface area contributed by atoms with Gasteiger partial charge in [-0.3, -0.25) is 0 Å². The van der Waals surface area contributed by atoms with E-state index in [1.54, 1.807) is 0 Å². The van der Waals surface area contributed by atoms with Gasteiger partial charge in [0.15, 0.2) is 5.82 Å². The quantitative estimate of drug-likeness (QED) is 0.734. The lowest BCUT2D eigenvalue weighted by Gasteiger charge is -2.20. The molecule has 3 aromatic rings. The van der Waals surface area contributed by atoms with Gasteiger partial charge in [0, 0.05) is 0 Å². The molecular weight excluding hydrogens is 326 g/mol. The van der Waals surface area contributed by atoms with Crippen LogP contribution in [-0.4, -0.2) is 30.0 Å². The first-order chi connectivity index (χ1) is 12.4. The molecule has 26 heavy (non-hydrogen) atoms. The van der Waals surface area contributed by atoms with Crippen molar-refractivity contribution in [3.63, 3.8) is 0 Å². The summed E-state index contributed by atoms with van der Waals surface area (Å²) >= 11 is 0. The first kappa shape index (κ1) is 18.1. The third-order valence-corrected chi connectivity index (χ3v) is 4.31. The Bertz CT molecular complexity index is 870. The molecular formula is C19H27N7. The minimum absolute atomic E-state index is 0.155. The van der Waals surface area contributed by atoms with Crippen LogP contribution in [0.3, 0.4) is 0 Å². The number of nitrogens with one attached hydrogen (secondary N) is 1. The zero-order chi connectivity index (χ0) is 18.7. The molecule has 0 spiro atoms. The number of hydrogen-bond donors (Lipinski definition) is 1. The number of benzene rings is 1. The Balaban J connectivity index is 1.88. The number of aromatic nitrogens is 6. The van der Waals surface area contributed by atoms with Crippen LogP contribution in [0.1, 0.15) is 51.2 Å². The molecule has 0 fully saturated rings. The van der Waals surface area contributed by atoms with E-state index in [0.717, 1.165) is 30.0 Å². The minimum Gasteiger partial charge on any atom is -0.375 e. The summed E-state index contributed by atoms with van der Waals surface area (Å²) in [5, 5.41) is 20.2. The van der Waals surface area contributed by atoms with Crippen LogP contribution in [0.2, 0.25) is 0 Å². The molecule has 138 valence electrons. The van der Waals surface area contributed by atoms with Gasteiger partial charge in [0.25, 0.3) is 0 Å². The molecule has 0 atom stereocenters. The van der Waals surface area contributed by atoms with E-state index < -0.39 is 0 Å². The van der Waals surface area contributed by atoms with E-state index in [0.29, 0.717) is 6.54 Å². The van der Waals surface area contributed by atoms with Crippen molar-refractivity contribution in [2.75, 3.05) is 5.32 Å². The van der Waals surface area contributed by atoms with Gasteiger partial charge in [0.05, 0.1) is 35.3 Å². The van der Waals surface area contributed by atoms with Gasteiger partial charge in [-0.15, -0.1) is 5.10 Å². The molecule has 1 aromatic carbocycles. The van der Waals surface area contributed by atoms with Gasteiger partial charge in [-0.25, -0.2) is 9.36 Å². The van der Waals surface area contributed by atoms with Crippen molar-refractivity contribution in [2.24, 2.45) is 0 Å². The molecule has 1 N–H and O–H groups in total. The fourth-order valence-corrected chi connectivity index (χ4v) is 3.02. The molecule has 0 unspecified atom stereocenters. The van der Waals surface area contributed by atoms with E-state index in [1.807, 2.05) is 27.7 Å². The summed E-state index contributed by atoms with van der Waals surface area (Å²) in [4.78, 5) is 0. The topological polar surface area (TPSA) is 73.5 Å². The van der Waals surface area contributed by atoms with Crippen LogP contribution < -0.4 is 5.32 Å². The van der Waals surface area contributed by atoms with Crippen LogP contribution in [0.15, 0.2) is 30.5 Å². The average Bonchev–Trinajstić information content (AvgIpc) is 3.21. The third-order valence-electron chi connectivity index (χ3n) is 4.31. The van der Waals surface area contributed by atoms with Crippen LogP contribution in [-0.2, 0) is 18.5 Å². The number of para-hydroxylation sites is 1. The molecule has 0 saturated carbocycles. The smallest absolute Gasteiger partial charge is 0.170 e. The zero-order valence-corrected chi connectivity index (χ0v) is 16.2. The van der Waals surface area contributed by atoms with Crippen molar-refractivity contribution < 1.29 is 0 Å². The van der Waals surface area contributed by atoms with Gasteiger partial charge in [-0.1, -0.05) is 31.5 Å². The molecule has 7 nitrogen and oxygen atoms in total.